The van der Waals surface area contributed by atoms with Crippen molar-refractivity contribution in [3.8, 4) is 11.5 Å². The van der Waals surface area contributed by atoms with Crippen molar-refractivity contribution in [2.45, 2.75) is 27.7 Å². The molecule has 0 bridgehead atoms. The number of hydrazone groups is 2. The molecule has 2 N–H and O–H groups in total. The van der Waals surface area contributed by atoms with E-state index in [1.807, 2.05) is 64.1 Å². The Labute approximate surface area is 211 Å². The first-order chi connectivity index (χ1) is 17.3. The van der Waals surface area contributed by atoms with E-state index in [-0.39, 0.29) is 25.0 Å². The van der Waals surface area contributed by atoms with Crippen LogP contribution >= 0.6 is 0 Å². The Kier molecular flexibility index (Phi) is 9.33. The number of amides is 2. The van der Waals surface area contributed by atoms with Crippen LogP contribution in [-0.2, 0) is 9.59 Å². The minimum absolute atomic E-state index is 0.189. The SMILES string of the molecule is Cc1ccc(C=NNC(=O)COc2ccc(OCC(=O)NN=Cc3ccc(C)c(C)c3)cc2)cc1C. The van der Waals surface area contributed by atoms with Gasteiger partial charge in [0.2, 0.25) is 0 Å². The first kappa shape index (κ1) is 26.2. The molecule has 0 spiro atoms. The number of ether oxygens (including phenoxy) is 2. The molecule has 2 amide bonds. The van der Waals surface area contributed by atoms with Crippen LogP contribution < -0.4 is 20.3 Å². The van der Waals surface area contributed by atoms with Gasteiger partial charge in [-0.1, -0.05) is 36.4 Å². The highest BCUT2D eigenvalue weighted by Crippen LogP contribution is 2.17. The summed E-state index contributed by atoms with van der Waals surface area (Å²) in [7, 11) is 0. The molecule has 0 radical (unpaired) electrons. The molecule has 0 unspecified atom stereocenters. The number of carbonyl (C=O) groups is 2. The second-order valence-electron chi connectivity index (χ2n) is 8.32. The number of hydrogen-bond donors (Lipinski definition) is 2. The van der Waals surface area contributed by atoms with Crippen molar-refractivity contribution in [3.63, 3.8) is 0 Å². The maximum Gasteiger partial charge on any atom is 0.277 e. The van der Waals surface area contributed by atoms with Gasteiger partial charge < -0.3 is 9.47 Å². The van der Waals surface area contributed by atoms with Gasteiger partial charge in [0.05, 0.1) is 12.4 Å². The van der Waals surface area contributed by atoms with Crippen LogP contribution in [0.3, 0.4) is 0 Å². The van der Waals surface area contributed by atoms with Crippen molar-refractivity contribution in [2.24, 2.45) is 10.2 Å². The van der Waals surface area contributed by atoms with Gasteiger partial charge in [0, 0.05) is 0 Å². The van der Waals surface area contributed by atoms with Gasteiger partial charge in [0.25, 0.3) is 11.8 Å². The minimum atomic E-state index is -0.381. The van der Waals surface area contributed by atoms with E-state index < -0.39 is 0 Å². The first-order valence-electron chi connectivity index (χ1n) is 11.4. The highest BCUT2D eigenvalue weighted by atomic mass is 16.5. The number of aryl methyl sites for hydroxylation is 4. The summed E-state index contributed by atoms with van der Waals surface area (Å²) >= 11 is 0. The van der Waals surface area contributed by atoms with Crippen molar-refractivity contribution >= 4 is 24.2 Å². The van der Waals surface area contributed by atoms with E-state index in [2.05, 4.69) is 21.1 Å². The lowest BCUT2D eigenvalue weighted by Gasteiger charge is -2.08. The van der Waals surface area contributed by atoms with Gasteiger partial charge in [-0.2, -0.15) is 10.2 Å². The summed E-state index contributed by atoms with van der Waals surface area (Å²) in [5.74, 6) is 0.207. The number of nitrogens with zero attached hydrogens (tertiary/aromatic N) is 2. The summed E-state index contributed by atoms with van der Waals surface area (Å²) < 4.78 is 10.9. The van der Waals surface area contributed by atoms with E-state index in [4.69, 9.17) is 9.47 Å². The van der Waals surface area contributed by atoms with Crippen LogP contribution in [0.5, 0.6) is 11.5 Å². The lowest BCUT2D eigenvalue weighted by molar-refractivity contribution is -0.123. The standard InChI is InChI=1S/C28H30N4O4/c1-19-5-7-23(13-21(19)3)15-29-31-27(33)17-35-25-9-11-26(12-10-25)36-18-28(34)32-30-16-24-8-6-20(2)22(4)14-24/h5-16H,17-18H2,1-4H3,(H,31,33)(H,32,34). The Morgan fingerprint density at radius 1 is 0.639 bits per heavy atom. The topological polar surface area (TPSA) is 101 Å². The molecule has 0 heterocycles. The average Bonchev–Trinajstić information content (AvgIpc) is 2.86. The minimum Gasteiger partial charge on any atom is -0.484 e. The van der Waals surface area contributed by atoms with Gasteiger partial charge >= 0.3 is 0 Å². The second kappa shape index (κ2) is 12.9. The Hall–Kier alpha value is -4.46. The number of hydrogen-bond acceptors (Lipinski definition) is 6. The molecule has 8 heteroatoms. The first-order valence-corrected chi connectivity index (χ1v) is 11.4. The summed E-state index contributed by atoms with van der Waals surface area (Å²) in [4.78, 5) is 23.9. The van der Waals surface area contributed by atoms with Gasteiger partial charge in [0.1, 0.15) is 11.5 Å². The molecule has 3 aromatic carbocycles. The molecule has 0 aliphatic rings. The molecule has 3 rings (SSSR count). The van der Waals surface area contributed by atoms with Crippen LogP contribution in [0.4, 0.5) is 0 Å². The Balaban J connectivity index is 1.36. The highest BCUT2D eigenvalue weighted by molar-refractivity contribution is 5.84. The molecule has 3 aromatic rings. The van der Waals surface area contributed by atoms with E-state index in [1.54, 1.807) is 36.7 Å². The number of nitrogens with one attached hydrogen (secondary N) is 2. The number of carbonyl (C=O) groups excluding carboxylic acids is 2. The van der Waals surface area contributed by atoms with Crippen LogP contribution in [0.15, 0.2) is 70.9 Å². The van der Waals surface area contributed by atoms with Gasteiger partial charge in [-0.3, -0.25) is 9.59 Å². The average molecular weight is 487 g/mol. The fraction of sp³-hybridized carbons (Fsp3) is 0.214. The zero-order chi connectivity index (χ0) is 25.9. The molecule has 0 aliphatic carbocycles. The maximum absolute atomic E-state index is 11.9. The summed E-state index contributed by atoms with van der Waals surface area (Å²) in [5.41, 5.74) is 11.4. The third-order valence-corrected chi connectivity index (χ3v) is 5.43. The van der Waals surface area contributed by atoms with Crippen molar-refractivity contribution in [2.75, 3.05) is 13.2 Å². The second-order valence-corrected chi connectivity index (χ2v) is 8.32. The molecule has 8 nitrogen and oxygen atoms in total. The Morgan fingerprint density at radius 2 is 1.03 bits per heavy atom. The van der Waals surface area contributed by atoms with Crippen LogP contribution in [-0.4, -0.2) is 37.5 Å². The summed E-state index contributed by atoms with van der Waals surface area (Å²) in [5, 5.41) is 7.91. The number of rotatable bonds is 10. The zero-order valence-corrected chi connectivity index (χ0v) is 20.9. The molecule has 0 aliphatic heterocycles. The third kappa shape index (κ3) is 8.39. The molecule has 186 valence electrons. The lowest BCUT2D eigenvalue weighted by Crippen LogP contribution is -2.25. The van der Waals surface area contributed by atoms with Gasteiger partial charge in [-0.05, 0) is 85.3 Å². The molecule has 0 aromatic heterocycles. The van der Waals surface area contributed by atoms with Crippen molar-refractivity contribution in [1.82, 2.24) is 10.9 Å². The largest absolute Gasteiger partial charge is 0.484 e. The van der Waals surface area contributed by atoms with Gasteiger partial charge in [0.15, 0.2) is 13.2 Å². The fourth-order valence-electron chi connectivity index (χ4n) is 3.04. The summed E-state index contributed by atoms with van der Waals surface area (Å²) in [6, 6.07) is 18.5. The van der Waals surface area contributed by atoms with E-state index in [9.17, 15) is 9.59 Å². The lowest BCUT2D eigenvalue weighted by atomic mass is 10.1. The molecule has 0 saturated heterocycles. The van der Waals surface area contributed by atoms with E-state index in [0.717, 1.165) is 22.3 Å². The molecule has 0 atom stereocenters. The molecular formula is C28H30N4O4. The Bertz CT molecular complexity index is 1170. The van der Waals surface area contributed by atoms with Gasteiger partial charge in [-0.15, -0.1) is 0 Å². The Morgan fingerprint density at radius 3 is 1.39 bits per heavy atom. The smallest absolute Gasteiger partial charge is 0.277 e. The maximum atomic E-state index is 11.9. The normalized spacial score (nSPS) is 11.0. The van der Waals surface area contributed by atoms with Crippen LogP contribution in [0, 0.1) is 27.7 Å². The van der Waals surface area contributed by atoms with Crippen molar-refractivity contribution in [1.29, 1.82) is 0 Å². The summed E-state index contributed by atoms with van der Waals surface area (Å²) in [6.07, 6.45) is 3.17. The fourth-order valence-corrected chi connectivity index (χ4v) is 3.04. The predicted octanol–water partition coefficient (Wildman–Crippen LogP) is 3.98. The number of benzene rings is 3. The van der Waals surface area contributed by atoms with E-state index in [1.165, 1.54) is 11.1 Å². The molecular weight excluding hydrogens is 456 g/mol. The van der Waals surface area contributed by atoms with E-state index in [0.29, 0.717) is 11.5 Å². The third-order valence-electron chi connectivity index (χ3n) is 5.43. The van der Waals surface area contributed by atoms with Crippen molar-refractivity contribution < 1.29 is 19.1 Å². The summed E-state index contributed by atoms with van der Waals surface area (Å²) in [6.45, 7) is 7.74. The van der Waals surface area contributed by atoms with Crippen LogP contribution in [0.25, 0.3) is 0 Å². The highest BCUT2D eigenvalue weighted by Gasteiger charge is 2.04. The zero-order valence-electron chi connectivity index (χ0n) is 20.9. The van der Waals surface area contributed by atoms with Gasteiger partial charge in [-0.25, -0.2) is 10.9 Å². The quantitative estimate of drug-likeness (QED) is 0.334. The van der Waals surface area contributed by atoms with Crippen LogP contribution in [0.2, 0.25) is 0 Å². The van der Waals surface area contributed by atoms with E-state index >= 15 is 0 Å². The van der Waals surface area contributed by atoms with Crippen molar-refractivity contribution in [3.05, 3.63) is 94.0 Å². The molecule has 0 saturated carbocycles. The molecule has 36 heavy (non-hydrogen) atoms. The van der Waals surface area contributed by atoms with Crippen LogP contribution in [0.1, 0.15) is 33.4 Å². The monoisotopic (exact) mass is 486 g/mol. The molecule has 0 fully saturated rings. The predicted molar refractivity (Wildman–Crippen MR) is 141 cm³/mol.